The predicted octanol–water partition coefficient (Wildman–Crippen LogP) is 2.44. The highest BCUT2D eigenvalue weighted by molar-refractivity contribution is 5.68. The minimum atomic E-state index is -0.277. The summed E-state index contributed by atoms with van der Waals surface area (Å²) in [6, 6.07) is -0.114. The van der Waals surface area contributed by atoms with Crippen LogP contribution >= 0.6 is 0 Å². The van der Waals surface area contributed by atoms with Gasteiger partial charge in [-0.25, -0.2) is 4.39 Å². The van der Waals surface area contributed by atoms with Crippen LogP contribution in [0, 0.1) is 5.41 Å². The van der Waals surface area contributed by atoms with Crippen molar-refractivity contribution in [2.45, 2.75) is 44.9 Å². The van der Waals surface area contributed by atoms with Crippen LogP contribution in [0.1, 0.15) is 26.7 Å². The van der Waals surface area contributed by atoms with Crippen LogP contribution in [0.25, 0.3) is 0 Å². The third-order valence-electron chi connectivity index (χ3n) is 4.50. The van der Waals surface area contributed by atoms with Crippen molar-refractivity contribution in [3.8, 4) is 0 Å². The maximum Gasteiger partial charge on any atom is 0.302 e. The number of nitrogens with zero attached hydrogens (tertiary/aromatic N) is 1. The molecule has 0 amide bonds. The molecule has 0 radical (unpaired) electrons. The summed E-state index contributed by atoms with van der Waals surface area (Å²) < 4.78 is 18.7. The van der Waals surface area contributed by atoms with Crippen molar-refractivity contribution < 1.29 is 13.9 Å². The summed E-state index contributed by atoms with van der Waals surface area (Å²) in [7, 11) is 0. The molecule has 4 atom stereocenters. The van der Waals surface area contributed by atoms with E-state index in [0.717, 1.165) is 5.57 Å². The summed E-state index contributed by atoms with van der Waals surface area (Å²) in [6.07, 6.45) is 9.96. The molecule has 0 fully saturated rings. The molecule has 3 rings (SSSR count). The molecule has 112 valence electrons. The summed E-state index contributed by atoms with van der Waals surface area (Å²) >= 11 is 0. The molecule has 21 heavy (non-hydrogen) atoms. The van der Waals surface area contributed by atoms with Crippen molar-refractivity contribution >= 4 is 12.2 Å². The number of fused-ring (bicyclic) bond motifs is 1. The minimum Gasteiger partial charge on any atom is -0.460 e. The van der Waals surface area contributed by atoms with Gasteiger partial charge < -0.3 is 10.1 Å². The van der Waals surface area contributed by atoms with Gasteiger partial charge in [0, 0.05) is 25.0 Å². The van der Waals surface area contributed by atoms with Crippen LogP contribution in [0.15, 0.2) is 40.8 Å². The second-order valence-corrected chi connectivity index (χ2v) is 5.97. The Balaban J connectivity index is 1.73. The monoisotopic (exact) mass is 290 g/mol. The molecule has 0 saturated heterocycles. The number of ether oxygens (including phenoxy) is 1. The Hall–Kier alpha value is -1.91. The van der Waals surface area contributed by atoms with Gasteiger partial charge in [-0.15, -0.1) is 0 Å². The number of halogens is 1. The normalized spacial score (nSPS) is 36.8. The number of carbonyl (C=O) groups is 1. The van der Waals surface area contributed by atoms with E-state index in [9.17, 15) is 9.18 Å². The molecule has 0 saturated carbocycles. The molecule has 0 aromatic carbocycles. The molecule has 3 aliphatic rings. The van der Waals surface area contributed by atoms with Gasteiger partial charge in [0.05, 0.1) is 12.1 Å². The summed E-state index contributed by atoms with van der Waals surface area (Å²) in [4.78, 5) is 15.6. The van der Waals surface area contributed by atoms with E-state index in [1.54, 1.807) is 6.08 Å². The van der Waals surface area contributed by atoms with Crippen molar-refractivity contribution in [3.05, 3.63) is 35.8 Å². The maximum absolute atomic E-state index is 13.4. The van der Waals surface area contributed by atoms with Gasteiger partial charge in [-0.05, 0) is 37.3 Å². The molecule has 4 nitrogen and oxygen atoms in total. The van der Waals surface area contributed by atoms with Gasteiger partial charge in [0.15, 0.2) is 0 Å². The summed E-state index contributed by atoms with van der Waals surface area (Å²) in [5.74, 6) is -0.489. The van der Waals surface area contributed by atoms with Gasteiger partial charge in [0.2, 0.25) is 0 Å². The third-order valence-corrected chi connectivity index (χ3v) is 4.50. The lowest BCUT2D eigenvalue weighted by atomic mass is 9.73. The van der Waals surface area contributed by atoms with Crippen LogP contribution < -0.4 is 5.32 Å². The number of rotatable bonds is 3. The Kier molecular flexibility index (Phi) is 3.43. The first kappa shape index (κ1) is 14.0. The molecule has 0 aromatic rings. The fourth-order valence-electron chi connectivity index (χ4n) is 3.20. The van der Waals surface area contributed by atoms with Crippen molar-refractivity contribution in [1.29, 1.82) is 0 Å². The van der Waals surface area contributed by atoms with Crippen LogP contribution in [0.4, 0.5) is 4.39 Å². The van der Waals surface area contributed by atoms with E-state index in [-0.39, 0.29) is 35.4 Å². The van der Waals surface area contributed by atoms with Crippen molar-refractivity contribution in [2.75, 3.05) is 0 Å². The highest BCUT2D eigenvalue weighted by Crippen LogP contribution is 2.43. The third kappa shape index (κ3) is 2.52. The molecule has 3 unspecified atom stereocenters. The zero-order chi connectivity index (χ0) is 15.0. The van der Waals surface area contributed by atoms with Gasteiger partial charge in [0.1, 0.15) is 11.9 Å². The molecule has 1 aliphatic carbocycles. The molecule has 0 aromatic heterocycles. The number of carbonyl (C=O) groups excluding carboxylic acids is 1. The van der Waals surface area contributed by atoms with Gasteiger partial charge in [-0.3, -0.25) is 9.79 Å². The molecule has 5 heteroatoms. The zero-order valence-electron chi connectivity index (χ0n) is 12.2. The topological polar surface area (TPSA) is 50.7 Å². The van der Waals surface area contributed by atoms with Gasteiger partial charge >= 0.3 is 5.97 Å². The maximum atomic E-state index is 13.4. The Labute approximate surface area is 123 Å². The number of esters is 1. The molecule has 1 N–H and O–H groups in total. The molecular weight excluding hydrogens is 271 g/mol. The molecule has 0 spiro atoms. The Morgan fingerprint density at radius 2 is 2.43 bits per heavy atom. The van der Waals surface area contributed by atoms with Crippen LogP contribution in [-0.4, -0.2) is 30.4 Å². The number of aliphatic imine (C=N–C) groups is 1. The van der Waals surface area contributed by atoms with E-state index in [0.29, 0.717) is 12.8 Å². The fourth-order valence-corrected chi connectivity index (χ4v) is 3.20. The fraction of sp³-hybridized carbons (Fsp3) is 0.500. The first-order valence-corrected chi connectivity index (χ1v) is 7.20. The van der Waals surface area contributed by atoms with Gasteiger partial charge in [0.25, 0.3) is 0 Å². The molecule has 0 bridgehead atoms. The SMILES string of the molecule is CC(=O)O[C@H]1CC=NC1CC1=CNC2C=C(F)C=CC12C. The summed E-state index contributed by atoms with van der Waals surface area (Å²) in [6.45, 7) is 3.50. The van der Waals surface area contributed by atoms with E-state index >= 15 is 0 Å². The minimum absolute atomic E-state index is 0.0540. The Morgan fingerprint density at radius 1 is 1.62 bits per heavy atom. The summed E-state index contributed by atoms with van der Waals surface area (Å²) in [5, 5.41) is 3.22. The Morgan fingerprint density at radius 3 is 3.19 bits per heavy atom. The first-order valence-electron chi connectivity index (χ1n) is 7.20. The van der Waals surface area contributed by atoms with Crippen LogP contribution in [-0.2, 0) is 9.53 Å². The number of nitrogens with one attached hydrogen (secondary N) is 1. The average molecular weight is 290 g/mol. The highest BCUT2D eigenvalue weighted by Gasteiger charge is 2.42. The quantitative estimate of drug-likeness (QED) is 0.812. The van der Waals surface area contributed by atoms with Gasteiger partial charge in [-0.2, -0.15) is 0 Å². The lowest BCUT2D eigenvalue weighted by molar-refractivity contribution is -0.146. The second-order valence-electron chi connectivity index (χ2n) is 5.97. The second kappa shape index (κ2) is 5.13. The van der Waals surface area contributed by atoms with Crippen molar-refractivity contribution in [1.82, 2.24) is 5.32 Å². The highest BCUT2D eigenvalue weighted by atomic mass is 19.1. The van der Waals surface area contributed by atoms with Crippen LogP contribution in [0.5, 0.6) is 0 Å². The van der Waals surface area contributed by atoms with E-state index in [1.807, 2.05) is 18.5 Å². The largest absolute Gasteiger partial charge is 0.460 e. The molecule has 2 heterocycles. The van der Waals surface area contributed by atoms with Crippen LogP contribution in [0.2, 0.25) is 0 Å². The van der Waals surface area contributed by atoms with E-state index < -0.39 is 0 Å². The predicted molar refractivity (Wildman–Crippen MR) is 78.5 cm³/mol. The number of hydrogen-bond donors (Lipinski definition) is 1. The smallest absolute Gasteiger partial charge is 0.302 e. The van der Waals surface area contributed by atoms with Crippen LogP contribution in [0.3, 0.4) is 0 Å². The van der Waals surface area contributed by atoms with E-state index in [1.165, 1.54) is 13.0 Å². The molecule has 2 aliphatic heterocycles. The number of allylic oxidation sites excluding steroid dienone is 2. The molecular formula is C16H19FN2O2. The zero-order valence-corrected chi connectivity index (χ0v) is 12.2. The van der Waals surface area contributed by atoms with E-state index in [2.05, 4.69) is 17.2 Å². The standard InChI is InChI=1S/C16H19FN2O2/c1-10(20)21-14-4-6-18-13(14)7-11-9-19-15-8-12(17)3-5-16(11,15)2/h3,5-6,8-9,13-15,19H,4,7H2,1-2H3/t13?,14-,15?,16?/m0/s1. The average Bonchev–Trinajstić information content (AvgIpc) is 2.96. The first-order chi connectivity index (χ1) is 9.99. The lowest BCUT2D eigenvalue weighted by Crippen LogP contribution is -2.36. The lowest BCUT2D eigenvalue weighted by Gasteiger charge is -2.33. The number of hydrogen-bond acceptors (Lipinski definition) is 4. The van der Waals surface area contributed by atoms with Crippen molar-refractivity contribution in [2.24, 2.45) is 10.4 Å². The Bertz CT molecular complexity index is 579. The summed E-state index contributed by atoms with van der Waals surface area (Å²) in [5.41, 5.74) is 0.919. The van der Waals surface area contributed by atoms with Crippen molar-refractivity contribution in [3.63, 3.8) is 0 Å². The van der Waals surface area contributed by atoms with E-state index in [4.69, 9.17) is 4.74 Å². The van der Waals surface area contributed by atoms with Gasteiger partial charge in [-0.1, -0.05) is 6.08 Å².